The van der Waals surface area contributed by atoms with E-state index in [-0.39, 0.29) is 31.0 Å². The highest BCUT2D eigenvalue weighted by atomic mass is 32.2. The van der Waals surface area contributed by atoms with Crippen molar-refractivity contribution in [3.05, 3.63) is 12.7 Å². The number of fused-ring (bicyclic) bond motifs is 1. The van der Waals surface area contributed by atoms with Crippen LogP contribution in [-0.2, 0) is 19.1 Å². The van der Waals surface area contributed by atoms with Gasteiger partial charge in [-0.2, -0.15) is 0 Å². The molecule has 3 aliphatic heterocycles. The highest BCUT2D eigenvalue weighted by molar-refractivity contribution is 8.02. The van der Waals surface area contributed by atoms with Crippen molar-refractivity contribution >= 4 is 29.5 Å². The van der Waals surface area contributed by atoms with Crippen LogP contribution >= 0.6 is 11.8 Å². The van der Waals surface area contributed by atoms with E-state index in [0.717, 1.165) is 38.5 Å². The van der Waals surface area contributed by atoms with Crippen LogP contribution in [0.25, 0.3) is 0 Å². The molecule has 3 rings (SSSR count). The molecule has 34 heavy (non-hydrogen) atoms. The molecule has 3 heterocycles. The van der Waals surface area contributed by atoms with Gasteiger partial charge in [-0.25, -0.2) is 0 Å². The first kappa shape index (κ1) is 27.1. The van der Waals surface area contributed by atoms with Crippen molar-refractivity contribution < 1.29 is 24.2 Å². The van der Waals surface area contributed by atoms with Gasteiger partial charge < -0.3 is 19.6 Å². The molecule has 192 valence electrons. The third-order valence-corrected chi connectivity index (χ3v) is 9.73. The average molecular weight is 495 g/mol. The van der Waals surface area contributed by atoms with Gasteiger partial charge in [-0.1, -0.05) is 18.9 Å². The molecule has 0 aromatic rings. The molecule has 0 saturated carbocycles. The Hall–Kier alpha value is -1.54. The first-order chi connectivity index (χ1) is 16.0. The van der Waals surface area contributed by atoms with E-state index in [1.807, 2.05) is 25.7 Å². The number of hydrogen-bond donors (Lipinski definition) is 1. The quantitative estimate of drug-likeness (QED) is 0.269. The normalized spacial score (nSPS) is 32.1. The summed E-state index contributed by atoms with van der Waals surface area (Å²) in [5.74, 6) is -1.52. The second-order valence-corrected chi connectivity index (χ2v) is 13.0. The number of esters is 1. The average Bonchev–Trinajstić information content (AvgIpc) is 3.32. The lowest BCUT2D eigenvalue weighted by molar-refractivity contribution is -0.155. The monoisotopic (exact) mass is 494 g/mol. The molecule has 3 fully saturated rings. The molecule has 8 heteroatoms. The minimum absolute atomic E-state index is 0.0557. The standard InChI is InChI=1S/C26H42N2O5S/c1-7-15-28(24(3,4)5)22(31)20-26-14-13-25(6,34-26)19(23(32)33-8-2)18(26)21(30)27(20)16-11-9-10-12-17-29/h7,18-20,29H,1,8-17H2,2-6H3/t18-,19+,20?,25-,26?/m0/s1. The van der Waals surface area contributed by atoms with Crippen LogP contribution < -0.4 is 0 Å². The topological polar surface area (TPSA) is 87.2 Å². The Balaban J connectivity index is 2.01. The molecule has 3 saturated heterocycles. The smallest absolute Gasteiger partial charge is 0.311 e. The van der Waals surface area contributed by atoms with E-state index in [4.69, 9.17) is 9.84 Å². The molecule has 5 atom stereocenters. The summed E-state index contributed by atoms with van der Waals surface area (Å²) in [7, 11) is 0. The van der Waals surface area contributed by atoms with Crippen molar-refractivity contribution in [2.45, 2.75) is 94.2 Å². The maximum atomic E-state index is 14.2. The van der Waals surface area contributed by atoms with Crippen LogP contribution in [0.15, 0.2) is 12.7 Å². The van der Waals surface area contributed by atoms with Gasteiger partial charge >= 0.3 is 5.97 Å². The molecule has 2 amide bonds. The fourth-order valence-corrected chi connectivity index (χ4v) is 8.59. The van der Waals surface area contributed by atoms with E-state index in [1.54, 1.807) is 29.7 Å². The maximum Gasteiger partial charge on any atom is 0.311 e. The number of likely N-dealkylation sites (tertiary alicyclic amines) is 1. The zero-order valence-electron chi connectivity index (χ0n) is 21.5. The number of aliphatic hydroxyl groups excluding tert-OH is 1. The molecule has 0 aromatic heterocycles. The summed E-state index contributed by atoms with van der Waals surface area (Å²) in [5, 5.41) is 9.08. The van der Waals surface area contributed by atoms with E-state index in [2.05, 4.69) is 13.5 Å². The SMILES string of the molecule is C=CCN(C(=O)C1N(CCCCCCO)C(=O)[C@@H]2[C@H](C(=O)OCC)[C@]3(C)CCC12S3)C(C)(C)C. The Labute approximate surface area is 208 Å². The van der Waals surface area contributed by atoms with Crippen molar-refractivity contribution in [2.75, 3.05) is 26.3 Å². The second kappa shape index (κ2) is 10.2. The number of unbranched alkanes of at least 4 members (excludes halogenated alkanes) is 3. The van der Waals surface area contributed by atoms with Crippen molar-refractivity contribution in [2.24, 2.45) is 11.8 Å². The number of ether oxygens (including phenoxy) is 1. The fraction of sp³-hybridized carbons (Fsp3) is 0.808. The Kier molecular flexibility index (Phi) is 8.13. The molecule has 7 nitrogen and oxygen atoms in total. The lowest BCUT2D eigenvalue weighted by Gasteiger charge is -2.42. The van der Waals surface area contributed by atoms with Gasteiger partial charge in [-0.3, -0.25) is 14.4 Å². The van der Waals surface area contributed by atoms with Crippen molar-refractivity contribution in [3.8, 4) is 0 Å². The summed E-state index contributed by atoms with van der Waals surface area (Å²) in [6, 6.07) is -0.603. The van der Waals surface area contributed by atoms with E-state index >= 15 is 0 Å². The van der Waals surface area contributed by atoms with Gasteiger partial charge in [0.25, 0.3) is 0 Å². The molecule has 0 aromatic carbocycles. The number of nitrogens with zero attached hydrogens (tertiary/aromatic N) is 2. The molecular formula is C26H42N2O5S. The molecule has 0 radical (unpaired) electrons. The predicted molar refractivity (Wildman–Crippen MR) is 134 cm³/mol. The number of carbonyl (C=O) groups is 3. The Morgan fingerprint density at radius 2 is 1.94 bits per heavy atom. The van der Waals surface area contributed by atoms with Gasteiger partial charge in [0, 0.05) is 30.0 Å². The van der Waals surface area contributed by atoms with Crippen LogP contribution in [0.1, 0.15) is 73.1 Å². The molecule has 2 unspecified atom stereocenters. The van der Waals surface area contributed by atoms with Crippen LogP contribution in [0.3, 0.4) is 0 Å². The summed E-state index contributed by atoms with van der Waals surface area (Å²) >= 11 is 1.68. The van der Waals surface area contributed by atoms with Crippen molar-refractivity contribution in [3.63, 3.8) is 0 Å². The number of carbonyl (C=O) groups excluding carboxylic acids is 3. The lowest BCUT2D eigenvalue weighted by atomic mass is 9.66. The number of amides is 2. The first-order valence-electron chi connectivity index (χ1n) is 12.7. The van der Waals surface area contributed by atoms with Crippen molar-refractivity contribution in [1.29, 1.82) is 0 Å². The van der Waals surface area contributed by atoms with E-state index < -0.39 is 32.9 Å². The molecule has 1 N–H and O–H groups in total. The zero-order valence-corrected chi connectivity index (χ0v) is 22.3. The minimum Gasteiger partial charge on any atom is -0.466 e. The molecule has 1 spiro atoms. The number of thioether (sulfide) groups is 1. The van der Waals surface area contributed by atoms with Gasteiger partial charge in [0.1, 0.15) is 6.04 Å². The highest BCUT2D eigenvalue weighted by Gasteiger charge is 2.77. The summed E-state index contributed by atoms with van der Waals surface area (Å²) in [6.07, 6.45) is 6.52. The Morgan fingerprint density at radius 3 is 2.53 bits per heavy atom. The third-order valence-electron chi connectivity index (χ3n) is 7.75. The maximum absolute atomic E-state index is 14.2. The van der Waals surface area contributed by atoms with Gasteiger partial charge in [-0.05, 0) is 60.3 Å². The molecule has 2 bridgehead atoms. The first-order valence-corrected chi connectivity index (χ1v) is 13.5. The summed E-state index contributed by atoms with van der Waals surface area (Å²) < 4.78 is 4.42. The minimum atomic E-state index is -0.615. The largest absolute Gasteiger partial charge is 0.466 e. The number of hydrogen-bond acceptors (Lipinski definition) is 6. The lowest BCUT2D eigenvalue weighted by Crippen LogP contribution is -2.58. The van der Waals surface area contributed by atoms with E-state index in [9.17, 15) is 14.4 Å². The van der Waals surface area contributed by atoms with Crippen LogP contribution in [0.5, 0.6) is 0 Å². The van der Waals surface area contributed by atoms with Crippen LogP contribution in [0.2, 0.25) is 0 Å². The number of rotatable bonds is 11. The predicted octanol–water partition coefficient (Wildman–Crippen LogP) is 3.40. The van der Waals surface area contributed by atoms with Gasteiger partial charge in [0.15, 0.2) is 0 Å². The Bertz CT molecular complexity index is 812. The molecule has 0 aliphatic carbocycles. The zero-order chi connectivity index (χ0) is 25.3. The van der Waals surface area contributed by atoms with Gasteiger partial charge in [0.05, 0.1) is 23.2 Å². The van der Waals surface area contributed by atoms with Crippen LogP contribution in [0, 0.1) is 11.8 Å². The second-order valence-electron chi connectivity index (χ2n) is 11.1. The summed E-state index contributed by atoms with van der Waals surface area (Å²) in [6.45, 7) is 15.0. The van der Waals surface area contributed by atoms with E-state index in [0.29, 0.717) is 13.1 Å². The Morgan fingerprint density at radius 1 is 1.26 bits per heavy atom. The van der Waals surface area contributed by atoms with Crippen LogP contribution in [0.4, 0.5) is 0 Å². The van der Waals surface area contributed by atoms with Crippen molar-refractivity contribution in [1.82, 2.24) is 9.80 Å². The van der Waals surface area contributed by atoms with Crippen LogP contribution in [-0.4, -0.2) is 80.1 Å². The molecular weight excluding hydrogens is 452 g/mol. The van der Waals surface area contributed by atoms with Gasteiger partial charge in [0.2, 0.25) is 11.8 Å². The fourth-order valence-electron chi connectivity index (χ4n) is 6.25. The van der Waals surface area contributed by atoms with Gasteiger partial charge in [-0.15, -0.1) is 18.3 Å². The molecule has 3 aliphatic rings. The third kappa shape index (κ3) is 4.52. The van der Waals surface area contributed by atoms with E-state index in [1.165, 1.54) is 0 Å². The highest BCUT2D eigenvalue weighted by Crippen LogP contribution is 2.71. The number of aliphatic hydroxyl groups is 1. The summed E-state index contributed by atoms with van der Waals surface area (Å²) in [5.41, 5.74) is -0.429. The summed E-state index contributed by atoms with van der Waals surface area (Å²) in [4.78, 5) is 44.9.